The largest absolute Gasteiger partial charge is 0.481 e. The van der Waals surface area contributed by atoms with Crippen LogP contribution in [0.15, 0.2) is 54.6 Å². The minimum atomic E-state index is -3.44. The first-order chi connectivity index (χ1) is 10.8. The monoisotopic (exact) mass is 334 g/mol. The Morgan fingerprint density at radius 3 is 2.17 bits per heavy atom. The predicted molar refractivity (Wildman–Crippen MR) is 90.1 cm³/mol. The van der Waals surface area contributed by atoms with E-state index in [9.17, 15) is 13.2 Å². The lowest BCUT2D eigenvalue weighted by atomic mass is 10.2. The van der Waals surface area contributed by atoms with Gasteiger partial charge in [0.2, 0.25) is 10.0 Å². The second-order valence-corrected chi connectivity index (χ2v) is 6.73. The molecular weight excluding hydrogens is 316 g/mol. The Balaban J connectivity index is 2.08. The summed E-state index contributed by atoms with van der Waals surface area (Å²) in [4.78, 5) is 12.2. The van der Waals surface area contributed by atoms with Crippen molar-refractivity contribution in [3.8, 4) is 5.75 Å². The summed E-state index contributed by atoms with van der Waals surface area (Å²) in [5.74, 6) is 0.203. The summed E-state index contributed by atoms with van der Waals surface area (Å²) in [6.07, 6.45) is 0.316. The fourth-order valence-corrected chi connectivity index (χ4v) is 2.45. The molecule has 2 aromatic carbocycles. The lowest BCUT2D eigenvalue weighted by molar-refractivity contribution is -0.122. The van der Waals surface area contributed by atoms with Gasteiger partial charge in [-0.05, 0) is 31.2 Å². The van der Waals surface area contributed by atoms with Gasteiger partial charge in [-0.15, -0.1) is 0 Å². The standard InChI is InChI=1S/C16H18N2O4S/c1-12(22-13-8-4-3-5-9-13)16(19)17-14-10-6-7-11-15(14)18-23(2,20)21/h3-12,18H,1-2H3,(H,17,19)/t12-/m0/s1. The molecule has 2 N–H and O–H groups in total. The van der Waals surface area contributed by atoms with Gasteiger partial charge in [0.1, 0.15) is 5.75 Å². The number of ether oxygens (including phenoxy) is 1. The Hall–Kier alpha value is -2.54. The summed E-state index contributed by atoms with van der Waals surface area (Å²) in [5, 5.41) is 2.66. The van der Waals surface area contributed by atoms with Crippen LogP contribution in [-0.4, -0.2) is 26.7 Å². The highest BCUT2D eigenvalue weighted by atomic mass is 32.2. The van der Waals surface area contributed by atoms with Crippen molar-refractivity contribution in [2.24, 2.45) is 0 Å². The molecule has 122 valence electrons. The maximum atomic E-state index is 12.2. The summed E-state index contributed by atoms with van der Waals surface area (Å²) < 4.78 is 30.6. The first-order valence-electron chi connectivity index (χ1n) is 6.94. The quantitative estimate of drug-likeness (QED) is 0.850. The summed E-state index contributed by atoms with van der Waals surface area (Å²) in [6, 6.07) is 15.5. The molecule has 0 aliphatic rings. The first-order valence-corrected chi connectivity index (χ1v) is 8.84. The molecule has 1 atom stereocenters. The van der Waals surface area contributed by atoms with Crippen LogP contribution in [0.25, 0.3) is 0 Å². The highest BCUT2D eigenvalue weighted by Gasteiger charge is 2.17. The van der Waals surface area contributed by atoms with Gasteiger partial charge in [-0.25, -0.2) is 8.42 Å². The maximum absolute atomic E-state index is 12.2. The number of sulfonamides is 1. The van der Waals surface area contributed by atoms with E-state index in [0.717, 1.165) is 6.26 Å². The zero-order valence-electron chi connectivity index (χ0n) is 12.8. The fourth-order valence-electron chi connectivity index (χ4n) is 1.87. The third-order valence-electron chi connectivity index (χ3n) is 2.91. The number of hydrogen-bond acceptors (Lipinski definition) is 4. The summed E-state index contributed by atoms with van der Waals surface area (Å²) in [5.41, 5.74) is 0.668. The maximum Gasteiger partial charge on any atom is 0.265 e. The Morgan fingerprint density at radius 1 is 1.00 bits per heavy atom. The Labute approximate surface area is 135 Å². The number of rotatable bonds is 6. The van der Waals surface area contributed by atoms with Gasteiger partial charge in [0.15, 0.2) is 6.10 Å². The van der Waals surface area contributed by atoms with Crippen LogP contribution in [0.4, 0.5) is 11.4 Å². The van der Waals surface area contributed by atoms with Gasteiger partial charge >= 0.3 is 0 Å². The molecule has 1 amide bonds. The van der Waals surface area contributed by atoms with Crippen molar-refractivity contribution in [2.75, 3.05) is 16.3 Å². The zero-order chi connectivity index (χ0) is 16.9. The van der Waals surface area contributed by atoms with E-state index in [4.69, 9.17) is 4.74 Å². The molecule has 0 aliphatic heterocycles. The van der Waals surface area contributed by atoms with Gasteiger partial charge in [0.25, 0.3) is 5.91 Å². The third-order valence-corrected chi connectivity index (χ3v) is 3.50. The number of anilines is 2. The van der Waals surface area contributed by atoms with Crippen molar-refractivity contribution in [3.63, 3.8) is 0 Å². The predicted octanol–water partition coefficient (Wildman–Crippen LogP) is 2.46. The van der Waals surface area contributed by atoms with Crippen molar-refractivity contribution in [2.45, 2.75) is 13.0 Å². The molecular formula is C16H18N2O4S. The molecule has 7 heteroatoms. The lowest BCUT2D eigenvalue weighted by Gasteiger charge is -2.16. The van der Waals surface area contributed by atoms with Crippen LogP contribution in [0.3, 0.4) is 0 Å². The molecule has 2 rings (SSSR count). The molecule has 2 aromatic rings. The van der Waals surface area contributed by atoms with Crippen LogP contribution in [0.2, 0.25) is 0 Å². The number of para-hydroxylation sites is 3. The van der Waals surface area contributed by atoms with Gasteiger partial charge < -0.3 is 10.1 Å². The molecule has 0 spiro atoms. The van der Waals surface area contributed by atoms with Crippen LogP contribution < -0.4 is 14.8 Å². The molecule has 0 aromatic heterocycles. The molecule has 0 saturated carbocycles. The van der Waals surface area contributed by atoms with Crippen molar-refractivity contribution in [1.29, 1.82) is 0 Å². The van der Waals surface area contributed by atoms with Gasteiger partial charge in [0.05, 0.1) is 17.6 Å². The van der Waals surface area contributed by atoms with Crippen LogP contribution in [0, 0.1) is 0 Å². The second-order valence-electron chi connectivity index (χ2n) is 4.98. The lowest BCUT2D eigenvalue weighted by Crippen LogP contribution is -2.30. The summed E-state index contributed by atoms with van der Waals surface area (Å²) >= 11 is 0. The van der Waals surface area contributed by atoms with Crippen molar-refractivity contribution in [1.82, 2.24) is 0 Å². The third kappa shape index (κ3) is 5.30. The van der Waals surface area contributed by atoms with Crippen LogP contribution in [0.5, 0.6) is 5.75 Å². The van der Waals surface area contributed by atoms with E-state index in [1.807, 2.05) is 18.2 Å². The van der Waals surface area contributed by atoms with Crippen LogP contribution in [-0.2, 0) is 14.8 Å². The van der Waals surface area contributed by atoms with Gasteiger partial charge in [-0.1, -0.05) is 30.3 Å². The van der Waals surface area contributed by atoms with Crippen LogP contribution in [0.1, 0.15) is 6.92 Å². The molecule has 0 unspecified atom stereocenters. The van der Waals surface area contributed by atoms with E-state index in [1.165, 1.54) is 0 Å². The topological polar surface area (TPSA) is 84.5 Å². The molecule has 0 saturated heterocycles. The number of benzene rings is 2. The minimum absolute atomic E-state index is 0.301. The molecule has 23 heavy (non-hydrogen) atoms. The van der Waals surface area contributed by atoms with E-state index in [0.29, 0.717) is 17.1 Å². The smallest absolute Gasteiger partial charge is 0.265 e. The first kappa shape index (κ1) is 16.8. The highest BCUT2D eigenvalue weighted by Crippen LogP contribution is 2.22. The van der Waals surface area contributed by atoms with Gasteiger partial charge in [-0.2, -0.15) is 0 Å². The van der Waals surface area contributed by atoms with Crippen molar-refractivity contribution in [3.05, 3.63) is 54.6 Å². The number of carbonyl (C=O) groups is 1. The zero-order valence-corrected chi connectivity index (χ0v) is 13.6. The van der Waals surface area contributed by atoms with E-state index in [2.05, 4.69) is 10.0 Å². The number of hydrogen-bond donors (Lipinski definition) is 2. The van der Waals surface area contributed by atoms with Gasteiger partial charge in [0, 0.05) is 0 Å². The van der Waals surface area contributed by atoms with Crippen LogP contribution >= 0.6 is 0 Å². The molecule has 0 radical (unpaired) electrons. The number of amides is 1. The normalized spacial score (nSPS) is 12.3. The van der Waals surface area contributed by atoms with E-state index >= 15 is 0 Å². The number of nitrogens with one attached hydrogen (secondary N) is 2. The SMILES string of the molecule is C[C@H](Oc1ccccc1)C(=O)Nc1ccccc1NS(C)(=O)=O. The average molecular weight is 334 g/mol. The molecule has 0 heterocycles. The van der Waals surface area contributed by atoms with Crippen molar-refractivity contribution < 1.29 is 17.9 Å². The fraction of sp³-hybridized carbons (Fsp3) is 0.188. The Bertz CT molecular complexity index is 776. The Kier molecular flexibility index (Phi) is 5.23. The number of carbonyl (C=O) groups excluding carboxylic acids is 1. The van der Waals surface area contributed by atoms with E-state index in [-0.39, 0.29) is 5.91 Å². The highest BCUT2D eigenvalue weighted by molar-refractivity contribution is 7.92. The van der Waals surface area contributed by atoms with Crippen molar-refractivity contribution >= 4 is 27.3 Å². The summed E-state index contributed by atoms with van der Waals surface area (Å²) in [7, 11) is -3.44. The molecule has 0 bridgehead atoms. The molecule has 6 nitrogen and oxygen atoms in total. The second kappa shape index (κ2) is 7.15. The van der Waals surface area contributed by atoms with E-state index in [1.54, 1.807) is 43.3 Å². The Morgan fingerprint density at radius 2 is 1.57 bits per heavy atom. The molecule has 0 fully saturated rings. The van der Waals surface area contributed by atoms with Gasteiger partial charge in [-0.3, -0.25) is 9.52 Å². The van der Waals surface area contributed by atoms with E-state index < -0.39 is 16.1 Å². The summed E-state index contributed by atoms with van der Waals surface area (Å²) in [6.45, 7) is 1.62. The average Bonchev–Trinajstić information content (AvgIpc) is 2.48. The molecule has 0 aliphatic carbocycles. The minimum Gasteiger partial charge on any atom is -0.481 e.